The zero-order valence-electron chi connectivity index (χ0n) is 14.7. The Morgan fingerprint density at radius 3 is 2.42 bits per heavy atom. The number of anilines is 2. The maximum absolute atomic E-state index is 12.3. The molecule has 2 N–H and O–H groups in total. The van der Waals surface area contributed by atoms with E-state index in [1.54, 1.807) is 18.2 Å². The van der Waals surface area contributed by atoms with Crippen molar-refractivity contribution < 1.29 is 13.2 Å². The van der Waals surface area contributed by atoms with Crippen molar-refractivity contribution in [3.8, 4) is 0 Å². The number of nitrogens with one attached hydrogen (secondary N) is 2. The Morgan fingerprint density at radius 1 is 1.08 bits per heavy atom. The van der Waals surface area contributed by atoms with Gasteiger partial charge in [0.2, 0.25) is 10.0 Å². The molecule has 1 fully saturated rings. The summed E-state index contributed by atoms with van der Waals surface area (Å²) < 4.78 is 25.0. The van der Waals surface area contributed by atoms with E-state index in [0.29, 0.717) is 17.8 Å². The third kappa shape index (κ3) is 4.98. The second-order valence-electron chi connectivity index (χ2n) is 6.50. The van der Waals surface area contributed by atoms with Gasteiger partial charge in [0.1, 0.15) is 0 Å². The molecule has 0 atom stereocenters. The number of nitrogens with zero attached hydrogens (tertiary/aromatic N) is 1. The summed E-state index contributed by atoms with van der Waals surface area (Å²) in [5, 5.41) is 2.86. The van der Waals surface area contributed by atoms with Crippen molar-refractivity contribution in [1.29, 1.82) is 0 Å². The Labute approximate surface area is 154 Å². The molecule has 0 aliphatic carbocycles. The highest BCUT2D eigenvalue weighted by molar-refractivity contribution is 7.92. The molecule has 1 aliphatic rings. The number of hydrogen-bond acceptors (Lipinski definition) is 4. The fraction of sp³-hybridized carbons (Fsp3) is 0.316. The van der Waals surface area contributed by atoms with Crippen LogP contribution in [0.5, 0.6) is 0 Å². The van der Waals surface area contributed by atoms with Gasteiger partial charge in [-0.25, -0.2) is 8.42 Å². The van der Waals surface area contributed by atoms with Crippen molar-refractivity contribution in [2.45, 2.75) is 19.4 Å². The summed E-state index contributed by atoms with van der Waals surface area (Å²) in [6, 6.07) is 14.6. The molecular formula is C19H23N3O3S. The van der Waals surface area contributed by atoms with Gasteiger partial charge in [-0.2, -0.15) is 0 Å². The van der Waals surface area contributed by atoms with E-state index in [2.05, 4.69) is 27.1 Å². The van der Waals surface area contributed by atoms with E-state index >= 15 is 0 Å². The Bertz CT molecular complexity index is 873. The van der Waals surface area contributed by atoms with Crippen molar-refractivity contribution in [1.82, 2.24) is 5.32 Å². The largest absolute Gasteiger partial charge is 0.372 e. The van der Waals surface area contributed by atoms with Crippen LogP contribution in [0.15, 0.2) is 48.5 Å². The zero-order valence-corrected chi connectivity index (χ0v) is 15.6. The summed E-state index contributed by atoms with van der Waals surface area (Å²) in [7, 11) is -3.37. The summed E-state index contributed by atoms with van der Waals surface area (Å²) in [4.78, 5) is 14.7. The van der Waals surface area contributed by atoms with Crippen LogP contribution in [-0.4, -0.2) is 33.7 Å². The monoisotopic (exact) mass is 373 g/mol. The van der Waals surface area contributed by atoms with E-state index in [-0.39, 0.29) is 5.91 Å². The lowest BCUT2D eigenvalue weighted by molar-refractivity contribution is 0.0951. The summed E-state index contributed by atoms with van der Waals surface area (Å²) >= 11 is 0. The molecule has 1 saturated heterocycles. The number of sulfonamides is 1. The maximum atomic E-state index is 12.3. The molecule has 1 amide bonds. The minimum atomic E-state index is -3.37. The van der Waals surface area contributed by atoms with Gasteiger partial charge in [0.05, 0.1) is 6.26 Å². The van der Waals surface area contributed by atoms with Crippen molar-refractivity contribution in [3.05, 3.63) is 59.7 Å². The predicted molar refractivity (Wildman–Crippen MR) is 104 cm³/mol. The molecule has 2 aromatic carbocycles. The fourth-order valence-corrected chi connectivity index (χ4v) is 3.58. The van der Waals surface area contributed by atoms with Crippen LogP contribution in [0.2, 0.25) is 0 Å². The van der Waals surface area contributed by atoms with Gasteiger partial charge in [0, 0.05) is 36.6 Å². The smallest absolute Gasteiger partial charge is 0.251 e. The molecule has 1 heterocycles. The molecule has 0 saturated carbocycles. The van der Waals surface area contributed by atoms with Gasteiger partial charge >= 0.3 is 0 Å². The molecule has 2 aromatic rings. The number of carbonyl (C=O) groups is 1. The molecule has 0 spiro atoms. The lowest BCUT2D eigenvalue weighted by atomic mass is 10.1. The van der Waals surface area contributed by atoms with Crippen molar-refractivity contribution in [3.63, 3.8) is 0 Å². The second kappa shape index (κ2) is 7.78. The third-order valence-electron chi connectivity index (χ3n) is 4.29. The topological polar surface area (TPSA) is 78.5 Å². The Hall–Kier alpha value is -2.54. The normalized spacial score (nSPS) is 14.3. The van der Waals surface area contributed by atoms with Crippen molar-refractivity contribution in [2.24, 2.45) is 0 Å². The van der Waals surface area contributed by atoms with Gasteiger partial charge in [-0.05, 0) is 48.7 Å². The molecule has 6 nitrogen and oxygen atoms in total. The predicted octanol–water partition coefficient (Wildman–Crippen LogP) is 2.59. The zero-order chi connectivity index (χ0) is 18.6. The summed E-state index contributed by atoms with van der Waals surface area (Å²) in [6.07, 6.45) is 3.56. The summed E-state index contributed by atoms with van der Waals surface area (Å²) in [6.45, 7) is 2.63. The first-order chi connectivity index (χ1) is 12.4. The van der Waals surface area contributed by atoms with Gasteiger partial charge in [0.25, 0.3) is 5.91 Å². The molecule has 1 aliphatic heterocycles. The molecule has 138 valence electrons. The lowest BCUT2D eigenvalue weighted by Crippen LogP contribution is -2.23. The van der Waals surface area contributed by atoms with Crippen LogP contribution >= 0.6 is 0 Å². The van der Waals surface area contributed by atoms with Crippen molar-refractivity contribution in [2.75, 3.05) is 29.0 Å². The van der Waals surface area contributed by atoms with Crippen LogP contribution < -0.4 is 14.9 Å². The van der Waals surface area contributed by atoms with E-state index < -0.39 is 10.0 Å². The van der Waals surface area contributed by atoms with E-state index in [1.165, 1.54) is 24.6 Å². The molecule has 26 heavy (non-hydrogen) atoms. The van der Waals surface area contributed by atoms with Crippen LogP contribution in [0.4, 0.5) is 11.4 Å². The number of benzene rings is 2. The molecule has 0 radical (unpaired) electrons. The van der Waals surface area contributed by atoms with Crippen LogP contribution in [-0.2, 0) is 16.6 Å². The molecule has 0 bridgehead atoms. The number of rotatable bonds is 6. The standard InChI is InChI=1S/C19H23N3O3S/c1-26(24,25)21-17-6-4-5-16(13-17)19(23)20-14-15-7-9-18(10-8-15)22-11-2-3-12-22/h4-10,13,21H,2-3,11-12,14H2,1H3,(H,20,23). The van der Waals surface area contributed by atoms with Crippen LogP contribution in [0.3, 0.4) is 0 Å². The molecule has 0 unspecified atom stereocenters. The van der Waals surface area contributed by atoms with E-state index in [0.717, 1.165) is 24.9 Å². The van der Waals surface area contributed by atoms with Crippen molar-refractivity contribution >= 4 is 27.3 Å². The highest BCUT2D eigenvalue weighted by Crippen LogP contribution is 2.20. The Kier molecular flexibility index (Phi) is 5.46. The van der Waals surface area contributed by atoms with Gasteiger partial charge < -0.3 is 10.2 Å². The van der Waals surface area contributed by atoms with E-state index in [4.69, 9.17) is 0 Å². The average molecular weight is 373 g/mol. The minimum Gasteiger partial charge on any atom is -0.372 e. The first-order valence-corrected chi connectivity index (χ1v) is 10.5. The third-order valence-corrected chi connectivity index (χ3v) is 4.90. The second-order valence-corrected chi connectivity index (χ2v) is 8.25. The first kappa shape index (κ1) is 18.3. The number of carbonyl (C=O) groups excluding carboxylic acids is 1. The Balaban J connectivity index is 1.59. The summed E-state index contributed by atoms with van der Waals surface area (Å²) in [5.41, 5.74) is 3.02. The quantitative estimate of drug-likeness (QED) is 0.816. The SMILES string of the molecule is CS(=O)(=O)Nc1cccc(C(=O)NCc2ccc(N3CCCC3)cc2)c1. The fourth-order valence-electron chi connectivity index (χ4n) is 3.02. The van der Waals surface area contributed by atoms with Gasteiger partial charge in [-0.15, -0.1) is 0 Å². The molecular weight excluding hydrogens is 350 g/mol. The van der Waals surface area contributed by atoms with E-state index in [9.17, 15) is 13.2 Å². The van der Waals surface area contributed by atoms with Gasteiger partial charge in [-0.1, -0.05) is 18.2 Å². The van der Waals surface area contributed by atoms with Crippen LogP contribution in [0.25, 0.3) is 0 Å². The van der Waals surface area contributed by atoms with Gasteiger partial charge in [0.15, 0.2) is 0 Å². The average Bonchev–Trinajstić information content (AvgIpc) is 3.13. The number of amides is 1. The Morgan fingerprint density at radius 2 is 1.77 bits per heavy atom. The van der Waals surface area contributed by atoms with Crippen LogP contribution in [0, 0.1) is 0 Å². The molecule has 7 heteroatoms. The highest BCUT2D eigenvalue weighted by Gasteiger charge is 2.12. The highest BCUT2D eigenvalue weighted by atomic mass is 32.2. The maximum Gasteiger partial charge on any atom is 0.251 e. The minimum absolute atomic E-state index is 0.245. The number of hydrogen-bond donors (Lipinski definition) is 2. The van der Waals surface area contributed by atoms with Crippen LogP contribution in [0.1, 0.15) is 28.8 Å². The first-order valence-electron chi connectivity index (χ1n) is 8.61. The lowest BCUT2D eigenvalue weighted by Gasteiger charge is -2.17. The van der Waals surface area contributed by atoms with E-state index in [1.807, 2.05) is 12.1 Å². The molecule has 0 aromatic heterocycles. The molecule has 3 rings (SSSR count). The van der Waals surface area contributed by atoms with Gasteiger partial charge in [-0.3, -0.25) is 9.52 Å². The summed E-state index contributed by atoms with van der Waals surface area (Å²) in [5.74, 6) is -0.245.